The molecule has 0 spiro atoms. The van der Waals surface area contributed by atoms with Gasteiger partial charge in [0.2, 0.25) is 0 Å². The number of aryl methyl sites for hydroxylation is 2. The number of hydrogen-bond donors (Lipinski definition) is 2. The highest BCUT2D eigenvalue weighted by Crippen LogP contribution is 2.39. The van der Waals surface area contributed by atoms with Crippen molar-refractivity contribution in [2.24, 2.45) is 17.7 Å². The van der Waals surface area contributed by atoms with E-state index >= 15 is 0 Å². The molecule has 1 aromatic rings. The lowest BCUT2D eigenvalue weighted by Gasteiger charge is -2.27. The van der Waals surface area contributed by atoms with Crippen LogP contribution in [-0.4, -0.2) is 0 Å². The van der Waals surface area contributed by atoms with Crippen molar-refractivity contribution in [2.45, 2.75) is 46.1 Å². The van der Waals surface area contributed by atoms with Gasteiger partial charge in [0.15, 0.2) is 0 Å². The Morgan fingerprint density at radius 1 is 1.24 bits per heavy atom. The van der Waals surface area contributed by atoms with Crippen molar-refractivity contribution in [3.63, 3.8) is 0 Å². The summed E-state index contributed by atoms with van der Waals surface area (Å²) in [5.74, 6) is 7.24. The summed E-state index contributed by atoms with van der Waals surface area (Å²) in [6.07, 6.45) is 3.98. The lowest BCUT2D eigenvalue weighted by atomic mass is 9.85. The van der Waals surface area contributed by atoms with Crippen LogP contribution in [-0.2, 0) is 0 Å². The summed E-state index contributed by atoms with van der Waals surface area (Å²) in [5.41, 5.74) is 7.09. The molecule has 3 atom stereocenters. The first-order valence-corrected chi connectivity index (χ1v) is 6.66. The summed E-state index contributed by atoms with van der Waals surface area (Å²) in [6, 6.07) is 7.02. The van der Waals surface area contributed by atoms with Gasteiger partial charge in [-0.1, -0.05) is 38.0 Å². The van der Waals surface area contributed by atoms with Gasteiger partial charge in [-0.15, -0.1) is 0 Å². The molecule has 1 aliphatic carbocycles. The quantitative estimate of drug-likeness (QED) is 0.620. The van der Waals surface area contributed by atoms with E-state index in [0.29, 0.717) is 12.0 Å². The predicted octanol–water partition coefficient (Wildman–Crippen LogP) is 3.24. The van der Waals surface area contributed by atoms with Crippen LogP contribution in [0, 0.1) is 25.7 Å². The van der Waals surface area contributed by atoms with Crippen LogP contribution >= 0.6 is 0 Å². The molecule has 1 aliphatic rings. The normalized spacial score (nSPS) is 26.1. The highest BCUT2D eigenvalue weighted by molar-refractivity contribution is 5.32. The lowest BCUT2D eigenvalue weighted by molar-refractivity contribution is 0.304. The van der Waals surface area contributed by atoms with Gasteiger partial charge in [-0.25, -0.2) is 0 Å². The maximum atomic E-state index is 5.78. The molecule has 2 heteroatoms. The molecule has 17 heavy (non-hydrogen) atoms. The molecule has 0 aromatic heterocycles. The maximum Gasteiger partial charge on any atom is 0.0490 e. The molecule has 94 valence electrons. The van der Waals surface area contributed by atoms with Gasteiger partial charge < -0.3 is 0 Å². The zero-order valence-electron chi connectivity index (χ0n) is 11.2. The van der Waals surface area contributed by atoms with Crippen molar-refractivity contribution < 1.29 is 0 Å². The van der Waals surface area contributed by atoms with E-state index in [1.807, 2.05) is 0 Å². The van der Waals surface area contributed by atoms with Crippen LogP contribution in [0.3, 0.4) is 0 Å². The number of rotatable bonds is 3. The zero-order valence-corrected chi connectivity index (χ0v) is 11.2. The topological polar surface area (TPSA) is 38.0 Å². The Bertz CT molecular complexity index is 387. The van der Waals surface area contributed by atoms with E-state index in [9.17, 15) is 0 Å². The zero-order chi connectivity index (χ0) is 12.4. The molecule has 3 unspecified atom stereocenters. The first-order valence-electron chi connectivity index (χ1n) is 6.66. The van der Waals surface area contributed by atoms with Gasteiger partial charge in [-0.05, 0) is 48.8 Å². The maximum absolute atomic E-state index is 5.78. The molecule has 0 radical (unpaired) electrons. The second-order valence-corrected chi connectivity index (χ2v) is 5.56. The van der Waals surface area contributed by atoms with E-state index in [4.69, 9.17) is 5.84 Å². The predicted molar refractivity (Wildman–Crippen MR) is 72.5 cm³/mol. The summed E-state index contributed by atoms with van der Waals surface area (Å²) in [5, 5.41) is 0. The third-order valence-corrected chi connectivity index (χ3v) is 4.43. The number of nitrogens with two attached hydrogens (primary N) is 1. The van der Waals surface area contributed by atoms with Gasteiger partial charge in [0.25, 0.3) is 0 Å². The Hall–Kier alpha value is -0.860. The van der Waals surface area contributed by atoms with Crippen molar-refractivity contribution in [3.8, 4) is 0 Å². The fourth-order valence-corrected chi connectivity index (χ4v) is 3.09. The molecule has 2 nitrogen and oxygen atoms in total. The summed E-state index contributed by atoms with van der Waals surface area (Å²) in [6.45, 7) is 6.68. The Morgan fingerprint density at radius 2 is 2.00 bits per heavy atom. The largest absolute Gasteiger partial charge is 0.271 e. The van der Waals surface area contributed by atoms with Crippen molar-refractivity contribution in [1.82, 2.24) is 5.43 Å². The first-order chi connectivity index (χ1) is 8.13. The van der Waals surface area contributed by atoms with Crippen molar-refractivity contribution >= 4 is 0 Å². The van der Waals surface area contributed by atoms with Gasteiger partial charge in [0.1, 0.15) is 0 Å². The Labute approximate surface area is 105 Å². The van der Waals surface area contributed by atoms with Gasteiger partial charge in [-0.3, -0.25) is 11.3 Å². The lowest BCUT2D eigenvalue weighted by Crippen LogP contribution is -2.34. The third kappa shape index (κ3) is 2.53. The molecule has 3 N–H and O–H groups in total. The average Bonchev–Trinajstić information content (AvgIpc) is 2.71. The van der Waals surface area contributed by atoms with Crippen LogP contribution in [0.15, 0.2) is 18.2 Å². The Kier molecular flexibility index (Phi) is 3.85. The molecule has 0 saturated heterocycles. The molecular weight excluding hydrogens is 208 g/mol. The SMILES string of the molecule is Cc1ccc(C(NN)C2CCCC2C)cc1C. The monoisotopic (exact) mass is 232 g/mol. The second-order valence-electron chi connectivity index (χ2n) is 5.56. The molecule has 2 rings (SSSR count). The minimum Gasteiger partial charge on any atom is -0.271 e. The van der Waals surface area contributed by atoms with Gasteiger partial charge in [0.05, 0.1) is 0 Å². The molecule has 1 aromatic carbocycles. The van der Waals surface area contributed by atoms with Crippen molar-refractivity contribution in [3.05, 3.63) is 34.9 Å². The van der Waals surface area contributed by atoms with Gasteiger partial charge in [0, 0.05) is 6.04 Å². The fraction of sp³-hybridized carbons (Fsp3) is 0.600. The van der Waals surface area contributed by atoms with E-state index in [1.165, 1.54) is 36.0 Å². The van der Waals surface area contributed by atoms with Crippen LogP contribution in [0.4, 0.5) is 0 Å². The second kappa shape index (κ2) is 5.19. The van der Waals surface area contributed by atoms with Crippen LogP contribution in [0.1, 0.15) is 48.9 Å². The van der Waals surface area contributed by atoms with Crippen LogP contribution in [0.2, 0.25) is 0 Å². The fourth-order valence-electron chi connectivity index (χ4n) is 3.09. The first kappa shape index (κ1) is 12.6. The van der Waals surface area contributed by atoms with Crippen LogP contribution in [0.25, 0.3) is 0 Å². The minimum absolute atomic E-state index is 0.312. The van der Waals surface area contributed by atoms with E-state index in [1.54, 1.807) is 0 Å². The highest BCUT2D eigenvalue weighted by atomic mass is 15.2. The Balaban J connectivity index is 2.25. The summed E-state index contributed by atoms with van der Waals surface area (Å²) in [7, 11) is 0. The molecule has 1 saturated carbocycles. The minimum atomic E-state index is 0.312. The molecule has 0 bridgehead atoms. The number of nitrogens with one attached hydrogen (secondary N) is 1. The van der Waals surface area contributed by atoms with E-state index in [0.717, 1.165) is 5.92 Å². The van der Waals surface area contributed by atoms with Crippen LogP contribution in [0.5, 0.6) is 0 Å². The number of benzene rings is 1. The molecule has 0 aliphatic heterocycles. The number of hydrogen-bond acceptors (Lipinski definition) is 2. The van der Waals surface area contributed by atoms with E-state index in [2.05, 4.69) is 44.4 Å². The van der Waals surface area contributed by atoms with E-state index in [-0.39, 0.29) is 0 Å². The smallest absolute Gasteiger partial charge is 0.0490 e. The average molecular weight is 232 g/mol. The summed E-state index contributed by atoms with van der Waals surface area (Å²) < 4.78 is 0. The van der Waals surface area contributed by atoms with Crippen LogP contribution < -0.4 is 11.3 Å². The van der Waals surface area contributed by atoms with Crippen molar-refractivity contribution in [1.29, 1.82) is 0 Å². The molecular formula is C15H24N2. The Morgan fingerprint density at radius 3 is 2.53 bits per heavy atom. The molecule has 0 amide bonds. The highest BCUT2D eigenvalue weighted by Gasteiger charge is 2.31. The standard InChI is InChI=1S/C15H24N2/c1-10-7-8-13(9-12(10)3)15(17-16)14-6-4-5-11(14)2/h7-9,11,14-15,17H,4-6,16H2,1-3H3. The third-order valence-electron chi connectivity index (χ3n) is 4.43. The summed E-state index contributed by atoms with van der Waals surface area (Å²) >= 11 is 0. The summed E-state index contributed by atoms with van der Waals surface area (Å²) in [4.78, 5) is 0. The number of hydrazine groups is 1. The van der Waals surface area contributed by atoms with E-state index < -0.39 is 0 Å². The molecule has 1 fully saturated rings. The van der Waals surface area contributed by atoms with Crippen molar-refractivity contribution in [2.75, 3.05) is 0 Å². The van der Waals surface area contributed by atoms with Gasteiger partial charge in [-0.2, -0.15) is 0 Å². The molecule has 0 heterocycles. The van der Waals surface area contributed by atoms with Gasteiger partial charge >= 0.3 is 0 Å².